The Morgan fingerprint density at radius 2 is 0.729 bits per heavy atom. The summed E-state index contributed by atoms with van der Waals surface area (Å²) in [4.78, 5) is 24.5. The van der Waals surface area contributed by atoms with Crippen LogP contribution in [-0.2, 0) is 14.3 Å². The minimum absolute atomic E-state index is 0.0188. The van der Waals surface area contributed by atoms with Gasteiger partial charge in [-0.3, -0.25) is 9.59 Å². The van der Waals surface area contributed by atoms with Gasteiger partial charge in [-0.05, 0) is 77.0 Å². The lowest BCUT2D eigenvalue weighted by atomic mass is 10.0. The fourth-order valence-electron chi connectivity index (χ4n) is 9.33. The van der Waals surface area contributed by atoms with E-state index in [1.807, 2.05) is 12.2 Å². The maximum Gasteiger partial charge on any atom is 0.305 e. The van der Waals surface area contributed by atoms with Gasteiger partial charge in [0.15, 0.2) is 0 Å². The van der Waals surface area contributed by atoms with Crippen LogP contribution in [0.4, 0.5) is 0 Å². The smallest absolute Gasteiger partial charge is 0.305 e. The highest BCUT2D eigenvalue weighted by Crippen LogP contribution is 2.17. The Morgan fingerprint density at radius 1 is 0.400 bits per heavy atom. The molecule has 0 aromatic carbocycles. The third kappa shape index (κ3) is 55.1. The van der Waals surface area contributed by atoms with Gasteiger partial charge in [-0.2, -0.15) is 0 Å². The first kappa shape index (κ1) is 67.8. The maximum absolute atomic E-state index is 12.4. The maximum atomic E-state index is 12.4. The molecule has 0 saturated heterocycles. The molecule has 6 nitrogen and oxygen atoms in total. The molecule has 1 amide bonds. The summed E-state index contributed by atoms with van der Waals surface area (Å²) in [5, 5.41) is 23.1. The number of carbonyl (C=O) groups excluding carboxylic acids is 2. The number of carbonyl (C=O) groups is 2. The van der Waals surface area contributed by atoms with E-state index in [1.165, 1.54) is 238 Å². The lowest BCUT2D eigenvalue weighted by Gasteiger charge is -2.19. The average molecular weight is 983 g/mol. The van der Waals surface area contributed by atoms with E-state index < -0.39 is 12.1 Å². The van der Waals surface area contributed by atoms with Crippen molar-refractivity contribution in [2.75, 3.05) is 13.2 Å². The number of amides is 1. The third-order valence-electron chi connectivity index (χ3n) is 14.1. The standard InChI is InChI=1S/C64H119NO5/c1-3-5-7-9-11-13-15-17-19-21-23-24-26-27-29-32-36-40-44-48-52-56-62(67)61(60-66)65-63(68)57-53-49-45-41-37-33-31-35-39-43-47-51-55-59-70-64(69)58-54-50-46-42-38-34-30-28-25-22-20-18-16-14-12-10-8-6-4-2/h18,20,33,37,45,49,52,56,61-62,66-67H,3-17,19,21-32,34-36,38-44,46-48,50-51,53-55,57-60H2,1-2H3,(H,65,68)/b20-18-,37-33-,49-45-,56-52+. The fourth-order valence-corrected chi connectivity index (χ4v) is 9.33. The predicted molar refractivity (Wildman–Crippen MR) is 306 cm³/mol. The normalized spacial score (nSPS) is 12.9. The average Bonchev–Trinajstić information content (AvgIpc) is 3.36. The van der Waals surface area contributed by atoms with Crippen LogP contribution in [0.3, 0.4) is 0 Å². The van der Waals surface area contributed by atoms with E-state index in [0.29, 0.717) is 25.9 Å². The van der Waals surface area contributed by atoms with Gasteiger partial charge < -0.3 is 20.3 Å². The molecule has 2 unspecified atom stereocenters. The summed E-state index contributed by atoms with van der Waals surface area (Å²) < 4.78 is 5.48. The zero-order valence-electron chi connectivity index (χ0n) is 46.7. The predicted octanol–water partition coefficient (Wildman–Crippen LogP) is 19.4. The summed E-state index contributed by atoms with van der Waals surface area (Å²) in [6.45, 7) is 4.85. The van der Waals surface area contributed by atoms with E-state index in [1.54, 1.807) is 6.08 Å². The first-order chi connectivity index (χ1) is 34.5. The Kier molecular flexibility index (Phi) is 57.5. The van der Waals surface area contributed by atoms with Gasteiger partial charge in [-0.15, -0.1) is 0 Å². The second-order valence-corrected chi connectivity index (χ2v) is 21.0. The summed E-state index contributed by atoms with van der Waals surface area (Å²) in [7, 11) is 0. The van der Waals surface area contributed by atoms with Gasteiger partial charge in [-0.1, -0.05) is 281 Å². The Hall–Kier alpha value is -2.18. The summed E-state index contributed by atoms with van der Waals surface area (Å²) >= 11 is 0. The molecule has 0 spiro atoms. The van der Waals surface area contributed by atoms with Crippen molar-refractivity contribution in [3.8, 4) is 0 Å². The molecule has 0 aromatic heterocycles. The molecule has 6 heteroatoms. The van der Waals surface area contributed by atoms with Crippen molar-refractivity contribution < 1.29 is 24.5 Å². The molecule has 0 rings (SSSR count). The number of unbranched alkanes of at least 4 members (excludes halogenated alkanes) is 40. The highest BCUT2D eigenvalue weighted by molar-refractivity contribution is 5.76. The molecule has 410 valence electrons. The molecule has 0 saturated carbocycles. The molecule has 0 aliphatic carbocycles. The third-order valence-corrected chi connectivity index (χ3v) is 14.1. The van der Waals surface area contributed by atoms with Crippen LogP contribution in [-0.4, -0.2) is 47.4 Å². The molecule has 0 fully saturated rings. The number of ether oxygens (including phenoxy) is 1. The molecule has 0 radical (unpaired) electrons. The molecule has 3 N–H and O–H groups in total. The highest BCUT2D eigenvalue weighted by atomic mass is 16.5. The van der Waals surface area contributed by atoms with Crippen molar-refractivity contribution >= 4 is 11.9 Å². The molecule has 70 heavy (non-hydrogen) atoms. The summed E-state index contributed by atoms with van der Waals surface area (Å²) in [5.41, 5.74) is 0. The molecule has 0 bridgehead atoms. The van der Waals surface area contributed by atoms with E-state index in [9.17, 15) is 19.8 Å². The van der Waals surface area contributed by atoms with E-state index in [4.69, 9.17) is 4.74 Å². The number of hydrogen-bond donors (Lipinski definition) is 3. The first-order valence-electron chi connectivity index (χ1n) is 30.9. The molecular formula is C64H119NO5. The molecule has 0 aliphatic rings. The summed E-state index contributed by atoms with van der Waals surface area (Å²) in [6.07, 6.45) is 75.9. The molecular weight excluding hydrogens is 863 g/mol. The fraction of sp³-hybridized carbons (Fsp3) is 0.844. The molecule has 0 heterocycles. The van der Waals surface area contributed by atoms with Crippen molar-refractivity contribution in [3.63, 3.8) is 0 Å². The van der Waals surface area contributed by atoms with Crippen LogP contribution < -0.4 is 5.32 Å². The highest BCUT2D eigenvalue weighted by Gasteiger charge is 2.17. The zero-order chi connectivity index (χ0) is 50.7. The summed E-state index contributed by atoms with van der Waals surface area (Å²) in [6, 6.07) is -0.674. The Labute approximate surface area is 436 Å². The lowest BCUT2D eigenvalue weighted by Crippen LogP contribution is -2.45. The molecule has 0 aliphatic heterocycles. The van der Waals surface area contributed by atoms with Gasteiger partial charge in [0, 0.05) is 12.8 Å². The van der Waals surface area contributed by atoms with E-state index in [0.717, 1.165) is 51.4 Å². The Bertz CT molecular complexity index is 1180. The first-order valence-corrected chi connectivity index (χ1v) is 30.9. The number of hydrogen-bond acceptors (Lipinski definition) is 5. The van der Waals surface area contributed by atoms with Gasteiger partial charge in [0.1, 0.15) is 0 Å². The van der Waals surface area contributed by atoms with Crippen LogP contribution in [0.1, 0.15) is 322 Å². The number of rotatable bonds is 57. The van der Waals surface area contributed by atoms with Crippen LogP contribution in [0.15, 0.2) is 48.6 Å². The van der Waals surface area contributed by atoms with E-state index in [2.05, 4.69) is 49.5 Å². The van der Waals surface area contributed by atoms with Crippen LogP contribution in [0.25, 0.3) is 0 Å². The van der Waals surface area contributed by atoms with Crippen molar-refractivity contribution in [3.05, 3.63) is 48.6 Å². The zero-order valence-corrected chi connectivity index (χ0v) is 46.7. The Balaban J connectivity index is 3.55. The van der Waals surface area contributed by atoms with E-state index >= 15 is 0 Å². The Morgan fingerprint density at radius 3 is 1.13 bits per heavy atom. The number of aliphatic hydroxyl groups is 2. The monoisotopic (exact) mass is 982 g/mol. The lowest BCUT2D eigenvalue weighted by molar-refractivity contribution is -0.143. The van der Waals surface area contributed by atoms with Crippen molar-refractivity contribution in [2.45, 2.75) is 334 Å². The molecule has 2 atom stereocenters. The SMILES string of the molecule is CCCCCCCC/C=C\CCCCCCCCCCCC(=O)OCCCCCCCC/C=C\C/C=C\CCC(=O)NC(CO)C(O)/C=C/CCCCCCCCCCCCCCCCCCCCC. The number of esters is 1. The number of allylic oxidation sites excluding steroid dienone is 7. The minimum Gasteiger partial charge on any atom is -0.466 e. The quantitative estimate of drug-likeness (QED) is 0.0321. The van der Waals surface area contributed by atoms with Crippen LogP contribution >= 0.6 is 0 Å². The van der Waals surface area contributed by atoms with E-state index in [-0.39, 0.29) is 18.5 Å². The summed E-state index contributed by atoms with van der Waals surface area (Å²) in [5.74, 6) is -0.166. The van der Waals surface area contributed by atoms with Crippen LogP contribution in [0, 0.1) is 0 Å². The largest absolute Gasteiger partial charge is 0.466 e. The van der Waals surface area contributed by atoms with Gasteiger partial charge >= 0.3 is 5.97 Å². The van der Waals surface area contributed by atoms with Crippen LogP contribution in [0.5, 0.6) is 0 Å². The van der Waals surface area contributed by atoms with Crippen molar-refractivity contribution in [2.24, 2.45) is 0 Å². The number of aliphatic hydroxyl groups excluding tert-OH is 2. The minimum atomic E-state index is -0.881. The number of nitrogens with one attached hydrogen (secondary N) is 1. The van der Waals surface area contributed by atoms with Gasteiger partial charge in [0.25, 0.3) is 0 Å². The topological polar surface area (TPSA) is 95.9 Å². The van der Waals surface area contributed by atoms with Gasteiger partial charge in [0.05, 0.1) is 25.4 Å². The van der Waals surface area contributed by atoms with Crippen molar-refractivity contribution in [1.82, 2.24) is 5.32 Å². The van der Waals surface area contributed by atoms with Gasteiger partial charge in [-0.25, -0.2) is 0 Å². The van der Waals surface area contributed by atoms with Crippen molar-refractivity contribution in [1.29, 1.82) is 0 Å². The molecule has 0 aromatic rings. The second-order valence-electron chi connectivity index (χ2n) is 21.0. The van der Waals surface area contributed by atoms with Gasteiger partial charge in [0.2, 0.25) is 5.91 Å². The van der Waals surface area contributed by atoms with Crippen LogP contribution in [0.2, 0.25) is 0 Å². The second kappa shape index (κ2) is 59.4.